The van der Waals surface area contributed by atoms with Crippen molar-refractivity contribution >= 4 is 28.2 Å². The first-order valence-corrected chi connectivity index (χ1v) is 8.18. The highest BCUT2D eigenvalue weighted by Crippen LogP contribution is 2.26. The van der Waals surface area contributed by atoms with Gasteiger partial charge in [-0.1, -0.05) is 12.1 Å². The Hall–Kier alpha value is -3.67. The molecule has 0 bridgehead atoms. The largest absolute Gasteiger partial charge is 0.397 e. The number of carbonyl (C=O) groups excluding carboxylic acids is 1. The molecule has 0 spiro atoms. The maximum Gasteiger partial charge on any atom is 0.276 e. The first-order valence-electron chi connectivity index (χ1n) is 8.18. The highest BCUT2D eigenvalue weighted by molar-refractivity contribution is 6.10. The van der Waals surface area contributed by atoms with Gasteiger partial charge in [0.05, 0.1) is 22.6 Å². The molecule has 128 valence electrons. The molecule has 3 heterocycles. The Morgan fingerprint density at radius 1 is 1.19 bits per heavy atom. The van der Waals surface area contributed by atoms with Crippen LogP contribution in [0.1, 0.15) is 16.1 Å². The maximum absolute atomic E-state index is 12.9. The van der Waals surface area contributed by atoms with E-state index >= 15 is 0 Å². The monoisotopic (exact) mass is 343 g/mol. The summed E-state index contributed by atoms with van der Waals surface area (Å²) in [5.74, 6) is -0.349. The number of nitrogens with two attached hydrogens (primary N) is 1. The standard InChI is InChI=1S/C20H17N5O/c1-12-10-16(14-5-3-8-22-11-14)24-19(17(12)21)20(26)25-15-6-2-4-13-7-9-23-18(13)15/h2-11,23H,21H2,1H3,(H,25,26). The number of nitrogen functional groups attached to an aromatic ring is 1. The normalized spacial score (nSPS) is 10.8. The Morgan fingerprint density at radius 2 is 2.08 bits per heavy atom. The fourth-order valence-corrected chi connectivity index (χ4v) is 2.89. The number of aryl methyl sites for hydroxylation is 1. The van der Waals surface area contributed by atoms with Gasteiger partial charge in [0.2, 0.25) is 0 Å². The summed E-state index contributed by atoms with van der Waals surface area (Å²) >= 11 is 0. The zero-order valence-corrected chi connectivity index (χ0v) is 14.2. The second-order valence-corrected chi connectivity index (χ2v) is 6.03. The summed E-state index contributed by atoms with van der Waals surface area (Å²) in [5, 5.41) is 3.92. The van der Waals surface area contributed by atoms with Gasteiger partial charge in [-0.25, -0.2) is 4.98 Å². The van der Waals surface area contributed by atoms with E-state index in [-0.39, 0.29) is 11.6 Å². The average molecular weight is 343 g/mol. The minimum Gasteiger partial charge on any atom is -0.397 e. The Balaban J connectivity index is 1.74. The molecule has 4 rings (SSSR count). The number of hydrogen-bond acceptors (Lipinski definition) is 4. The number of benzene rings is 1. The molecule has 0 fully saturated rings. The molecule has 0 unspecified atom stereocenters. The lowest BCUT2D eigenvalue weighted by atomic mass is 10.1. The quantitative estimate of drug-likeness (QED) is 0.527. The third-order valence-corrected chi connectivity index (χ3v) is 4.27. The van der Waals surface area contributed by atoms with Gasteiger partial charge >= 0.3 is 0 Å². The van der Waals surface area contributed by atoms with Crippen LogP contribution in [0.25, 0.3) is 22.2 Å². The van der Waals surface area contributed by atoms with Crippen LogP contribution >= 0.6 is 0 Å². The fourth-order valence-electron chi connectivity index (χ4n) is 2.89. The number of fused-ring (bicyclic) bond motifs is 1. The summed E-state index contributed by atoms with van der Waals surface area (Å²) in [6.45, 7) is 1.86. The van der Waals surface area contributed by atoms with Crippen LogP contribution in [0.2, 0.25) is 0 Å². The number of aromatic amines is 1. The molecule has 3 aromatic heterocycles. The van der Waals surface area contributed by atoms with E-state index in [1.54, 1.807) is 12.4 Å². The van der Waals surface area contributed by atoms with Crippen LogP contribution in [0.4, 0.5) is 11.4 Å². The van der Waals surface area contributed by atoms with Crippen molar-refractivity contribution in [3.05, 3.63) is 72.3 Å². The SMILES string of the molecule is Cc1cc(-c2cccnc2)nc(C(=O)Nc2cccc3cc[nH]c23)c1N. The predicted octanol–water partition coefficient (Wildman–Crippen LogP) is 3.77. The van der Waals surface area contributed by atoms with Crippen molar-refractivity contribution in [1.82, 2.24) is 15.0 Å². The van der Waals surface area contributed by atoms with E-state index in [4.69, 9.17) is 5.73 Å². The first kappa shape index (κ1) is 15.8. The van der Waals surface area contributed by atoms with Crippen molar-refractivity contribution in [2.75, 3.05) is 11.1 Å². The number of aromatic nitrogens is 3. The number of nitrogens with zero attached hydrogens (tertiary/aromatic N) is 2. The number of H-pyrrole nitrogens is 1. The van der Waals surface area contributed by atoms with Crippen LogP contribution in [-0.2, 0) is 0 Å². The summed E-state index contributed by atoms with van der Waals surface area (Å²) in [7, 11) is 0. The molecular weight excluding hydrogens is 326 g/mol. The van der Waals surface area contributed by atoms with E-state index in [9.17, 15) is 4.79 Å². The van der Waals surface area contributed by atoms with E-state index in [0.717, 1.165) is 22.0 Å². The summed E-state index contributed by atoms with van der Waals surface area (Å²) in [5.41, 5.74) is 10.5. The summed E-state index contributed by atoms with van der Waals surface area (Å²) in [6.07, 6.45) is 5.23. The Kier molecular flexibility index (Phi) is 3.85. The third-order valence-electron chi connectivity index (χ3n) is 4.27. The summed E-state index contributed by atoms with van der Waals surface area (Å²) < 4.78 is 0. The first-order chi connectivity index (χ1) is 12.6. The fraction of sp³-hybridized carbons (Fsp3) is 0.0500. The number of carbonyl (C=O) groups is 1. The van der Waals surface area contributed by atoms with Crippen molar-refractivity contribution in [2.24, 2.45) is 0 Å². The van der Waals surface area contributed by atoms with Gasteiger partial charge in [-0.05, 0) is 42.8 Å². The molecule has 4 N–H and O–H groups in total. The zero-order valence-electron chi connectivity index (χ0n) is 14.2. The number of para-hydroxylation sites is 1. The number of nitrogens with one attached hydrogen (secondary N) is 2. The van der Waals surface area contributed by atoms with Gasteiger partial charge in [0.25, 0.3) is 5.91 Å². The molecule has 0 radical (unpaired) electrons. The lowest BCUT2D eigenvalue weighted by Gasteiger charge is -2.12. The molecule has 0 aliphatic heterocycles. The highest BCUT2D eigenvalue weighted by Gasteiger charge is 2.17. The Morgan fingerprint density at radius 3 is 2.88 bits per heavy atom. The van der Waals surface area contributed by atoms with Gasteiger partial charge in [0.1, 0.15) is 0 Å². The molecule has 0 atom stereocenters. The zero-order chi connectivity index (χ0) is 18.1. The van der Waals surface area contributed by atoms with Gasteiger partial charge in [-0.2, -0.15) is 0 Å². The van der Waals surface area contributed by atoms with Crippen LogP contribution in [0.15, 0.2) is 61.1 Å². The number of anilines is 2. The number of pyridine rings is 2. The maximum atomic E-state index is 12.9. The predicted molar refractivity (Wildman–Crippen MR) is 103 cm³/mol. The summed E-state index contributed by atoms with van der Waals surface area (Å²) in [4.78, 5) is 24.6. The van der Waals surface area contributed by atoms with Gasteiger partial charge in [-0.15, -0.1) is 0 Å². The second kappa shape index (κ2) is 6.33. The van der Waals surface area contributed by atoms with E-state index in [1.807, 2.05) is 55.6 Å². The van der Waals surface area contributed by atoms with Crippen molar-refractivity contribution in [3.63, 3.8) is 0 Å². The van der Waals surface area contributed by atoms with E-state index in [0.29, 0.717) is 17.1 Å². The Bertz CT molecular complexity index is 1100. The Labute approximate surface area is 150 Å². The molecular formula is C20H17N5O. The third kappa shape index (κ3) is 2.77. The molecule has 6 nitrogen and oxygen atoms in total. The molecule has 0 saturated carbocycles. The molecule has 0 aliphatic rings. The molecule has 1 amide bonds. The van der Waals surface area contributed by atoms with Crippen LogP contribution < -0.4 is 11.1 Å². The summed E-state index contributed by atoms with van der Waals surface area (Å²) in [6, 6.07) is 13.2. The molecule has 4 aromatic rings. The molecule has 1 aromatic carbocycles. The van der Waals surface area contributed by atoms with Crippen LogP contribution in [0, 0.1) is 6.92 Å². The van der Waals surface area contributed by atoms with Gasteiger partial charge in [0, 0.05) is 29.5 Å². The van der Waals surface area contributed by atoms with E-state index in [2.05, 4.69) is 20.3 Å². The van der Waals surface area contributed by atoms with Crippen molar-refractivity contribution < 1.29 is 4.79 Å². The van der Waals surface area contributed by atoms with Gasteiger partial charge in [0.15, 0.2) is 5.69 Å². The molecule has 6 heteroatoms. The minimum absolute atomic E-state index is 0.201. The van der Waals surface area contributed by atoms with Crippen molar-refractivity contribution in [1.29, 1.82) is 0 Å². The minimum atomic E-state index is -0.349. The van der Waals surface area contributed by atoms with Gasteiger partial charge in [-0.3, -0.25) is 9.78 Å². The van der Waals surface area contributed by atoms with Gasteiger partial charge < -0.3 is 16.0 Å². The van der Waals surface area contributed by atoms with E-state index in [1.165, 1.54) is 0 Å². The van der Waals surface area contributed by atoms with Crippen molar-refractivity contribution in [2.45, 2.75) is 6.92 Å². The molecule has 0 aliphatic carbocycles. The molecule has 26 heavy (non-hydrogen) atoms. The lowest BCUT2D eigenvalue weighted by Crippen LogP contribution is -2.17. The molecule has 0 saturated heterocycles. The van der Waals surface area contributed by atoms with E-state index < -0.39 is 0 Å². The van der Waals surface area contributed by atoms with Crippen LogP contribution in [0.5, 0.6) is 0 Å². The lowest BCUT2D eigenvalue weighted by molar-refractivity contribution is 0.102. The highest BCUT2D eigenvalue weighted by atomic mass is 16.1. The van der Waals surface area contributed by atoms with Crippen molar-refractivity contribution in [3.8, 4) is 11.3 Å². The van der Waals surface area contributed by atoms with Crippen LogP contribution in [0.3, 0.4) is 0 Å². The second-order valence-electron chi connectivity index (χ2n) is 6.03. The number of rotatable bonds is 3. The topological polar surface area (TPSA) is 96.7 Å². The smallest absolute Gasteiger partial charge is 0.276 e. The number of hydrogen-bond donors (Lipinski definition) is 3. The number of amides is 1. The average Bonchev–Trinajstić information content (AvgIpc) is 3.14. The van der Waals surface area contributed by atoms with Crippen LogP contribution in [-0.4, -0.2) is 20.9 Å².